The highest BCUT2D eigenvalue weighted by atomic mass is 32.2. The average Bonchev–Trinajstić information content (AvgIpc) is 2.90. The number of piperidine rings is 1. The summed E-state index contributed by atoms with van der Waals surface area (Å²) >= 11 is 1.75. The molecule has 12 heteroatoms. The number of rotatable bonds is 6. The molecule has 2 aromatic carbocycles. The summed E-state index contributed by atoms with van der Waals surface area (Å²) in [6, 6.07) is 8.08. The third kappa shape index (κ3) is 5.45. The first-order valence-corrected chi connectivity index (χ1v) is 15.3. The summed E-state index contributed by atoms with van der Waals surface area (Å²) in [5.41, 5.74) is 1.63. The number of aryl methyl sites for hydroxylation is 2. The Morgan fingerprint density at radius 1 is 0.921 bits per heavy atom. The van der Waals surface area contributed by atoms with E-state index >= 15 is 0 Å². The van der Waals surface area contributed by atoms with E-state index in [9.17, 15) is 21.6 Å². The van der Waals surface area contributed by atoms with Crippen LogP contribution in [0.4, 0.5) is 35.9 Å². The van der Waals surface area contributed by atoms with Crippen LogP contribution in [-0.4, -0.2) is 59.4 Å². The summed E-state index contributed by atoms with van der Waals surface area (Å²) < 4.78 is 68.7. The molecule has 2 N–H and O–H groups in total. The van der Waals surface area contributed by atoms with Gasteiger partial charge in [-0.15, -0.1) is 0 Å². The molecule has 2 fully saturated rings. The zero-order valence-electron chi connectivity index (χ0n) is 21.5. The van der Waals surface area contributed by atoms with Gasteiger partial charge in [-0.2, -0.15) is 13.2 Å². The molecule has 3 aliphatic heterocycles. The lowest BCUT2D eigenvalue weighted by Gasteiger charge is -2.35. The number of alkyl halides is 3. The number of benzene rings is 2. The van der Waals surface area contributed by atoms with Gasteiger partial charge in [0.25, 0.3) is 0 Å². The maximum absolute atomic E-state index is 12.8. The first-order chi connectivity index (χ1) is 18.1. The number of sulfonamides is 1. The Bertz CT molecular complexity index is 1290. The smallest absolute Gasteiger partial charge is 0.378 e. The predicted molar refractivity (Wildman–Crippen MR) is 145 cm³/mol. The lowest BCUT2D eigenvalue weighted by atomic mass is 10.0. The molecule has 38 heavy (non-hydrogen) atoms. The molecule has 7 nitrogen and oxygen atoms in total. The molecule has 0 amide bonds. The van der Waals surface area contributed by atoms with Crippen LogP contribution in [0.25, 0.3) is 0 Å². The summed E-state index contributed by atoms with van der Waals surface area (Å²) in [5, 5.41) is 3.72. The molecule has 0 atom stereocenters. The highest BCUT2D eigenvalue weighted by Crippen LogP contribution is 2.50. The molecule has 0 radical (unpaired) electrons. The van der Waals surface area contributed by atoms with E-state index < -0.39 is 21.6 Å². The van der Waals surface area contributed by atoms with E-state index in [1.165, 1.54) is 21.7 Å². The van der Waals surface area contributed by atoms with E-state index in [1.54, 1.807) is 11.8 Å². The fourth-order valence-electron chi connectivity index (χ4n) is 5.29. The topological polar surface area (TPSA) is 73.9 Å². The van der Waals surface area contributed by atoms with Gasteiger partial charge in [0.15, 0.2) is 0 Å². The molecule has 5 rings (SSSR count). The molecule has 0 bridgehead atoms. The number of fused-ring (bicyclic) bond motifs is 2. The van der Waals surface area contributed by atoms with Crippen LogP contribution < -0.4 is 19.8 Å². The monoisotopic (exact) mass is 570 g/mol. The Morgan fingerprint density at radius 3 is 1.89 bits per heavy atom. The minimum Gasteiger partial charge on any atom is -0.378 e. The van der Waals surface area contributed by atoms with E-state index in [0.717, 1.165) is 61.1 Å². The summed E-state index contributed by atoms with van der Waals surface area (Å²) in [6.07, 6.45) is 2.36. The number of halogens is 3. The average molecular weight is 571 g/mol. The van der Waals surface area contributed by atoms with Crippen LogP contribution in [0.5, 0.6) is 0 Å². The van der Waals surface area contributed by atoms with Crippen LogP contribution in [0.15, 0.2) is 34.1 Å². The van der Waals surface area contributed by atoms with Gasteiger partial charge < -0.3 is 19.9 Å². The number of nitrogens with one attached hydrogen (secondary N) is 2. The predicted octanol–water partition coefficient (Wildman–Crippen LogP) is 5.26. The molecule has 0 spiro atoms. The quantitative estimate of drug-likeness (QED) is 0.419. The van der Waals surface area contributed by atoms with Crippen molar-refractivity contribution in [3.63, 3.8) is 0 Å². The molecule has 0 aliphatic carbocycles. The van der Waals surface area contributed by atoms with Gasteiger partial charge in [0.1, 0.15) is 0 Å². The minimum absolute atomic E-state index is 0.310. The Labute approximate surface area is 226 Å². The molecule has 2 saturated heterocycles. The number of hydrogen-bond acceptors (Lipinski definition) is 7. The summed E-state index contributed by atoms with van der Waals surface area (Å²) in [4.78, 5) is 6.80. The number of morpholine rings is 1. The molecule has 2 aromatic rings. The van der Waals surface area contributed by atoms with Gasteiger partial charge in [-0.3, -0.25) is 0 Å². The molecule has 0 unspecified atom stereocenters. The van der Waals surface area contributed by atoms with Gasteiger partial charge in [-0.25, -0.2) is 13.1 Å². The van der Waals surface area contributed by atoms with Crippen molar-refractivity contribution in [2.75, 3.05) is 54.5 Å². The SMILES string of the molecule is CCc1cc(N2CCOCC2)cc2c1Nc1c(CC)cc(N3CCC(NS(=O)(=O)C(F)(F)F)CC3)cc1S2. The fraction of sp³-hybridized carbons (Fsp3) is 0.538. The molecule has 3 heterocycles. The third-order valence-electron chi connectivity index (χ3n) is 7.43. The second-order valence-electron chi connectivity index (χ2n) is 9.82. The number of anilines is 4. The lowest BCUT2D eigenvalue weighted by Crippen LogP contribution is -2.48. The van der Waals surface area contributed by atoms with Crippen LogP contribution >= 0.6 is 11.8 Å². The van der Waals surface area contributed by atoms with Crippen LogP contribution in [0.1, 0.15) is 37.8 Å². The highest BCUT2D eigenvalue weighted by molar-refractivity contribution is 7.99. The Kier molecular flexibility index (Phi) is 7.78. The summed E-state index contributed by atoms with van der Waals surface area (Å²) in [5.74, 6) is 0. The fourth-order valence-corrected chi connectivity index (χ4v) is 7.26. The van der Waals surface area contributed by atoms with Gasteiger partial charge in [0, 0.05) is 53.4 Å². The molecule has 208 valence electrons. The van der Waals surface area contributed by atoms with Crippen molar-refractivity contribution in [3.05, 3.63) is 35.4 Å². The third-order valence-corrected chi connectivity index (χ3v) is 9.77. The van der Waals surface area contributed by atoms with Crippen LogP contribution in [0.3, 0.4) is 0 Å². The van der Waals surface area contributed by atoms with E-state index in [4.69, 9.17) is 4.74 Å². The van der Waals surface area contributed by atoms with Gasteiger partial charge in [0.05, 0.1) is 24.6 Å². The van der Waals surface area contributed by atoms with Crippen molar-refractivity contribution >= 4 is 44.5 Å². The molecule has 0 saturated carbocycles. The largest absolute Gasteiger partial charge is 0.511 e. The highest BCUT2D eigenvalue weighted by Gasteiger charge is 2.47. The summed E-state index contributed by atoms with van der Waals surface area (Å²) in [7, 11) is -5.34. The van der Waals surface area contributed by atoms with Crippen molar-refractivity contribution in [2.24, 2.45) is 0 Å². The summed E-state index contributed by atoms with van der Waals surface area (Å²) in [6.45, 7) is 8.43. The van der Waals surface area contributed by atoms with Crippen molar-refractivity contribution in [2.45, 2.75) is 60.9 Å². The minimum atomic E-state index is -5.34. The maximum atomic E-state index is 12.8. The second-order valence-corrected chi connectivity index (χ2v) is 12.6. The molecule has 3 aliphatic rings. The number of nitrogens with zero attached hydrogens (tertiary/aromatic N) is 2. The van der Waals surface area contributed by atoms with Gasteiger partial charge in [-0.1, -0.05) is 25.6 Å². The lowest BCUT2D eigenvalue weighted by molar-refractivity contribution is -0.0451. The van der Waals surface area contributed by atoms with Crippen molar-refractivity contribution in [3.8, 4) is 0 Å². The van der Waals surface area contributed by atoms with E-state index in [2.05, 4.69) is 53.2 Å². The molecular weight excluding hydrogens is 537 g/mol. The standard InChI is InChI=1S/C26H33F3N4O3S2/c1-3-17-13-20(32-7-5-19(6-8-32)31-38(34,35)26(27,28)29)15-22-24(17)30-25-18(4-2)14-21(16-23(25)37-22)33-9-11-36-12-10-33/h13-16,19,30-31H,3-12H2,1-2H3. The van der Waals surface area contributed by atoms with Crippen molar-refractivity contribution in [1.29, 1.82) is 0 Å². The Morgan fingerprint density at radius 2 is 1.42 bits per heavy atom. The Balaban J connectivity index is 1.37. The first kappa shape index (κ1) is 27.4. The Hall–Kier alpha value is -2.15. The number of hydrogen-bond donors (Lipinski definition) is 2. The van der Waals surface area contributed by atoms with E-state index in [0.29, 0.717) is 25.9 Å². The van der Waals surface area contributed by atoms with Crippen molar-refractivity contribution in [1.82, 2.24) is 4.72 Å². The van der Waals surface area contributed by atoms with E-state index in [-0.39, 0.29) is 0 Å². The first-order valence-electron chi connectivity index (χ1n) is 13.0. The maximum Gasteiger partial charge on any atom is 0.511 e. The van der Waals surface area contributed by atoms with Crippen LogP contribution in [0.2, 0.25) is 0 Å². The van der Waals surface area contributed by atoms with Gasteiger partial charge >= 0.3 is 15.5 Å². The van der Waals surface area contributed by atoms with E-state index in [1.807, 2.05) is 4.72 Å². The zero-order valence-corrected chi connectivity index (χ0v) is 23.2. The van der Waals surface area contributed by atoms with Crippen molar-refractivity contribution < 1.29 is 26.3 Å². The zero-order chi connectivity index (χ0) is 27.1. The molecular formula is C26H33F3N4O3S2. The number of ether oxygens (including phenoxy) is 1. The normalized spacial score (nSPS) is 18.7. The van der Waals surface area contributed by atoms with Crippen LogP contribution in [-0.2, 0) is 27.6 Å². The van der Waals surface area contributed by atoms with Crippen LogP contribution in [0, 0.1) is 0 Å². The second kappa shape index (κ2) is 10.8. The van der Waals surface area contributed by atoms with Gasteiger partial charge in [0.2, 0.25) is 0 Å². The molecule has 0 aromatic heterocycles. The van der Waals surface area contributed by atoms with Gasteiger partial charge in [-0.05, 0) is 61.1 Å².